The molecule has 1 rings (SSSR count). The molecular weight excluding hydrogens is 188 g/mol. The van der Waals surface area contributed by atoms with Crippen molar-refractivity contribution in [2.45, 2.75) is 39.5 Å². The zero-order valence-corrected chi connectivity index (χ0v) is 10.0. The molecule has 88 valence electrons. The second kappa shape index (κ2) is 6.11. The molecule has 0 spiro atoms. The van der Waals surface area contributed by atoms with Crippen LogP contribution in [-0.2, 0) is 4.79 Å². The monoisotopic (exact) mass is 212 g/mol. The van der Waals surface area contributed by atoms with Crippen LogP contribution in [0.4, 0.5) is 0 Å². The lowest BCUT2D eigenvalue weighted by Gasteiger charge is -2.26. The molecule has 1 amide bonds. The first-order valence-corrected chi connectivity index (χ1v) is 6.21. The van der Waals surface area contributed by atoms with Crippen molar-refractivity contribution in [1.82, 2.24) is 4.90 Å². The van der Waals surface area contributed by atoms with Crippen LogP contribution in [-0.4, -0.2) is 30.4 Å². The first-order valence-electron chi connectivity index (χ1n) is 6.21. The third kappa shape index (κ3) is 3.82. The van der Waals surface area contributed by atoms with E-state index in [-0.39, 0.29) is 11.8 Å². The highest BCUT2D eigenvalue weighted by atomic mass is 16.2. The van der Waals surface area contributed by atoms with Gasteiger partial charge in [-0.05, 0) is 31.6 Å². The van der Waals surface area contributed by atoms with Gasteiger partial charge in [0, 0.05) is 19.6 Å². The quantitative estimate of drug-likeness (QED) is 0.697. The van der Waals surface area contributed by atoms with E-state index < -0.39 is 0 Å². The van der Waals surface area contributed by atoms with Crippen LogP contribution in [0.3, 0.4) is 0 Å². The standard InChI is InChI=1S/C12H24N2O/c1-3-7-14(9-10-5-6-10)12(15)11(4-2)8-13/h10-11H,3-9,13H2,1-2H3. The lowest BCUT2D eigenvalue weighted by Crippen LogP contribution is -2.40. The van der Waals surface area contributed by atoms with E-state index in [1.54, 1.807) is 0 Å². The molecule has 0 bridgehead atoms. The summed E-state index contributed by atoms with van der Waals surface area (Å²) in [4.78, 5) is 14.1. The smallest absolute Gasteiger partial charge is 0.226 e. The van der Waals surface area contributed by atoms with Crippen LogP contribution in [0.5, 0.6) is 0 Å². The van der Waals surface area contributed by atoms with Gasteiger partial charge in [0.25, 0.3) is 0 Å². The Kier molecular flexibility index (Phi) is 5.09. The summed E-state index contributed by atoms with van der Waals surface area (Å²) in [6.45, 7) is 6.50. The lowest BCUT2D eigenvalue weighted by molar-refractivity contribution is -0.135. The van der Waals surface area contributed by atoms with Gasteiger partial charge in [-0.25, -0.2) is 0 Å². The number of hydrogen-bond acceptors (Lipinski definition) is 2. The molecule has 0 aromatic carbocycles. The Balaban J connectivity index is 2.47. The van der Waals surface area contributed by atoms with Gasteiger partial charge in [-0.2, -0.15) is 0 Å². The van der Waals surface area contributed by atoms with Gasteiger partial charge in [0.1, 0.15) is 0 Å². The van der Waals surface area contributed by atoms with Crippen molar-refractivity contribution in [3.63, 3.8) is 0 Å². The summed E-state index contributed by atoms with van der Waals surface area (Å²) in [6.07, 6.45) is 4.50. The second-order valence-electron chi connectivity index (χ2n) is 4.57. The molecule has 1 fully saturated rings. The molecule has 2 N–H and O–H groups in total. The number of hydrogen-bond donors (Lipinski definition) is 1. The van der Waals surface area contributed by atoms with Crippen molar-refractivity contribution >= 4 is 5.91 Å². The van der Waals surface area contributed by atoms with E-state index >= 15 is 0 Å². The maximum absolute atomic E-state index is 12.1. The van der Waals surface area contributed by atoms with Crippen LogP contribution in [0, 0.1) is 11.8 Å². The Bertz CT molecular complexity index is 198. The Morgan fingerprint density at radius 1 is 1.47 bits per heavy atom. The highest BCUT2D eigenvalue weighted by molar-refractivity contribution is 5.79. The molecule has 0 radical (unpaired) electrons. The Morgan fingerprint density at radius 3 is 2.53 bits per heavy atom. The van der Waals surface area contributed by atoms with Crippen LogP contribution in [0.1, 0.15) is 39.5 Å². The van der Waals surface area contributed by atoms with E-state index in [2.05, 4.69) is 6.92 Å². The van der Waals surface area contributed by atoms with E-state index in [0.29, 0.717) is 6.54 Å². The number of nitrogens with zero attached hydrogens (tertiary/aromatic N) is 1. The van der Waals surface area contributed by atoms with Gasteiger partial charge in [0.15, 0.2) is 0 Å². The molecule has 15 heavy (non-hydrogen) atoms. The first kappa shape index (κ1) is 12.5. The molecular formula is C12H24N2O. The fourth-order valence-electron chi connectivity index (χ4n) is 1.87. The molecule has 1 atom stereocenters. The van der Waals surface area contributed by atoms with Gasteiger partial charge in [-0.15, -0.1) is 0 Å². The maximum atomic E-state index is 12.1. The normalized spacial score (nSPS) is 17.5. The topological polar surface area (TPSA) is 46.3 Å². The molecule has 1 aliphatic carbocycles. The van der Waals surface area contributed by atoms with Gasteiger partial charge < -0.3 is 10.6 Å². The number of rotatable bonds is 7. The molecule has 0 saturated heterocycles. The summed E-state index contributed by atoms with van der Waals surface area (Å²) in [5.74, 6) is 1.08. The molecule has 1 aliphatic rings. The van der Waals surface area contributed by atoms with E-state index in [1.807, 2.05) is 11.8 Å². The SMILES string of the molecule is CCCN(CC1CC1)C(=O)C(CC)CN. The third-order valence-corrected chi connectivity index (χ3v) is 3.11. The molecule has 3 nitrogen and oxygen atoms in total. The second-order valence-corrected chi connectivity index (χ2v) is 4.57. The minimum absolute atomic E-state index is 0.0373. The molecule has 3 heteroatoms. The molecule has 0 aliphatic heterocycles. The number of carbonyl (C=O) groups excluding carboxylic acids is 1. The van der Waals surface area contributed by atoms with Crippen LogP contribution in [0.25, 0.3) is 0 Å². The summed E-state index contributed by atoms with van der Waals surface area (Å²) in [6, 6.07) is 0. The minimum atomic E-state index is 0.0373. The van der Waals surface area contributed by atoms with Gasteiger partial charge in [0.2, 0.25) is 5.91 Å². The number of nitrogens with two attached hydrogens (primary N) is 1. The van der Waals surface area contributed by atoms with Crippen molar-refractivity contribution in [3.05, 3.63) is 0 Å². The minimum Gasteiger partial charge on any atom is -0.342 e. The zero-order valence-electron chi connectivity index (χ0n) is 10.0. The fourth-order valence-corrected chi connectivity index (χ4v) is 1.87. The summed E-state index contributed by atoms with van der Waals surface area (Å²) in [5, 5.41) is 0. The Morgan fingerprint density at radius 2 is 2.13 bits per heavy atom. The largest absolute Gasteiger partial charge is 0.342 e. The van der Waals surface area contributed by atoms with Crippen molar-refractivity contribution in [2.24, 2.45) is 17.6 Å². The summed E-state index contributed by atoms with van der Waals surface area (Å²) >= 11 is 0. The summed E-state index contributed by atoms with van der Waals surface area (Å²) in [7, 11) is 0. The van der Waals surface area contributed by atoms with Gasteiger partial charge in [0.05, 0.1) is 5.92 Å². The van der Waals surface area contributed by atoms with E-state index in [9.17, 15) is 4.79 Å². The number of carbonyl (C=O) groups is 1. The van der Waals surface area contributed by atoms with Gasteiger partial charge in [-0.3, -0.25) is 4.79 Å². The van der Waals surface area contributed by atoms with E-state index in [0.717, 1.165) is 31.8 Å². The molecule has 1 unspecified atom stereocenters. The predicted molar refractivity (Wildman–Crippen MR) is 62.4 cm³/mol. The molecule has 1 saturated carbocycles. The molecule has 0 aromatic heterocycles. The van der Waals surface area contributed by atoms with E-state index in [4.69, 9.17) is 5.73 Å². The maximum Gasteiger partial charge on any atom is 0.226 e. The van der Waals surface area contributed by atoms with Crippen LogP contribution < -0.4 is 5.73 Å². The first-order chi connectivity index (χ1) is 7.22. The van der Waals surface area contributed by atoms with Gasteiger partial charge in [-0.1, -0.05) is 13.8 Å². The fraction of sp³-hybridized carbons (Fsp3) is 0.917. The Hall–Kier alpha value is -0.570. The van der Waals surface area contributed by atoms with Crippen LogP contribution in [0.15, 0.2) is 0 Å². The molecule has 0 aromatic rings. The zero-order chi connectivity index (χ0) is 11.3. The van der Waals surface area contributed by atoms with Crippen LogP contribution in [0.2, 0.25) is 0 Å². The Labute approximate surface area is 93.0 Å². The lowest BCUT2D eigenvalue weighted by atomic mass is 10.0. The highest BCUT2D eigenvalue weighted by Crippen LogP contribution is 2.30. The van der Waals surface area contributed by atoms with Crippen molar-refractivity contribution < 1.29 is 4.79 Å². The average Bonchev–Trinajstić information content (AvgIpc) is 3.03. The third-order valence-electron chi connectivity index (χ3n) is 3.11. The van der Waals surface area contributed by atoms with Crippen molar-refractivity contribution in [2.75, 3.05) is 19.6 Å². The van der Waals surface area contributed by atoms with Crippen molar-refractivity contribution in [3.8, 4) is 0 Å². The number of amides is 1. The summed E-state index contributed by atoms with van der Waals surface area (Å²) < 4.78 is 0. The van der Waals surface area contributed by atoms with E-state index in [1.165, 1.54) is 12.8 Å². The molecule has 0 heterocycles. The predicted octanol–water partition coefficient (Wildman–Crippen LogP) is 1.62. The van der Waals surface area contributed by atoms with Crippen LogP contribution >= 0.6 is 0 Å². The highest BCUT2D eigenvalue weighted by Gasteiger charge is 2.28. The average molecular weight is 212 g/mol. The summed E-state index contributed by atoms with van der Waals surface area (Å²) in [5.41, 5.74) is 5.62. The van der Waals surface area contributed by atoms with Crippen molar-refractivity contribution in [1.29, 1.82) is 0 Å². The van der Waals surface area contributed by atoms with Gasteiger partial charge >= 0.3 is 0 Å².